The summed E-state index contributed by atoms with van der Waals surface area (Å²) in [6.07, 6.45) is 4.84. The van der Waals surface area contributed by atoms with Crippen LogP contribution in [0.3, 0.4) is 0 Å². The molecule has 2 nitrogen and oxygen atoms in total. The van der Waals surface area contributed by atoms with Crippen molar-refractivity contribution in [1.82, 2.24) is 0 Å². The number of unbranched alkanes of at least 4 members (excludes halogenated alkanes) is 2. The van der Waals surface area contributed by atoms with Crippen molar-refractivity contribution in [2.24, 2.45) is 0 Å². The standard InChI is InChI=1S/C8H14O2.Po.2H/c1-3-4-5-6-7(2)8(9)10;;;/h6H,3-5H2,1-2H3,(H,9,10);;;. The minimum absolute atomic E-state index is 0. The number of hydrogen-bond acceptors (Lipinski definition) is 1. The van der Waals surface area contributed by atoms with E-state index in [1.54, 1.807) is 13.0 Å². The Bertz CT molecular complexity index is 141. The van der Waals surface area contributed by atoms with Crippen molar-refractivity contribution in [3.63, 3.8) is 0 Å². The molecule has 3 heteroatoms. The van der Waals surface area contributed by atoms with E-state index < -0.39 is 5.97 Å². The maximum absolute atomic E-state index is 10.2. The van der Waals surface area contributed by atoms with E-state index in [1.165, 1.54) is 0 Å². The molecule has 0 atom stereocenters. The van der Waals surface area contributed by atoms with Gasteiger partial charge in [0.1, 0.15) is 0 Å². The molecule has 0 amide bonds. The first kappa shape index (κ1) is 13.7. The Kier molecular flexibility index (Phi) is 10.2. The first-order valence-corrected chi connectivity index (χ1v) is 3.58. The molecule has 0 aromatic carbocycles. The number of carboxylic acids is 1. The van der Waals surface area contributed by atoms with Crippen LogP contribution >= 0.6 is 0 Å². The van der Waals surface area contributed by atoms with Gasteiger partial charge in [-0.1, -0.05) is 25.8 Å². The van der Waals surface area contributed by atoms with Crippen LogP contribution < -0.4 is 0 Å². The Morgan fingerprint density at radius 3 is 2.45 bits per heavy atom. The molecule has 0 heterocycles. The van der Waals surface area contributed by atoms with Crippen molar-refractivity contribution in [3.8, 4) is 0 Å². The van der Waals surface area contributed by atoms with Crippen LogP contribution in [-0.2, 0) is 4.79 Å². The van der Waals surface area contributed by atoms with E-state index >= 15 is 0 Å². The number of allylic oxidation sites excluding steroid dienone is 1. The molecule has 0 saturated heterocycles. The molecule has 0 spiro atoms. The van der Waals surface area contributed by atoms with E-state index in [-0.39, 0.29) is 26.6 Å². The van der Waals surface area contributed by atoms with Gasteiger partial charge in [-0.3, -0.25) is 0 Å². The number of carboxylic acid groups (broad SMARTS) is 1. The van der Waals surface area contributed by atoms with Gasteiger partial charge in [0.05, 0.1) is 0 Å². The molecule has 0 saturated carbocycles. The number of carbonyl (C=O) groups is 1. The first-order chi connectivity index (χ1) is 4.68. The Labute approximate surface area is 87.2 Å². The monoisotopic (exact) mass is 353 g/mol. The van der Waals surface area contributed by atoms with Gasteiger partial charge in [0.2, 0.25) is 0 Å². The number of rotatable bonds is 4. The molecule has 0 aliphatic heterocycles. The van der Waals surface area contributed by atoms with Gasteiger partial charge in [-0.05, 0) is 13.3 Å². The van der Waals surface area contributed by atoms with Crippen LogP contribution in [0.5, 0.6) is 0 Å². The summed E-state index contributed by atoms with van der Waals surface area (Å²) in [5.74, 6) is -0.809. The third-order valence-electron chi connectivity index (χ3n) is 1.35. The summed E-state index contributed by atoms with van der Waals surface area (Å²) in [5, 5.41) is 8.41. The molecule has 0 bridgehead atoms. The summed E-state index contributed by atoms with van der Waals surface area (Å²) in [5.41, 5.74) is 0.452. The van der Waals surface area contributed by atoms with Crippen LogP contribution in [0.25, 0.3) is 0 Å². The van der Waals surface area contributed by atoms with Gasteiger partial charge in [0.25, 0.3) is 0 Å². The predicted octanol–water partition coefficient (Wildman–Crippen LogP) is 1.29. The summed E-state index contributed by atoms with van der Waals surface area (Å²) >= 11 is 0. The van der Waals surface area contributed by atoms with Gasteiger partial charge < -0.3 is 5.11 Å². The van der Waals surface area contributed by atoms with Gasteiger partial charge in [-0.25, -0.2) is 4.79 Å². The van der Waals surface area contributed by atoms with Gasteiger partial charge in [0.15, 0.2) is 0 Å². The number of aliphatic carboxylic acids is 1. The van der Waals surface area contributed by atoms with Crippen molar-refractivity contribution in [2.45, 2.75) is 33.1 Å². The molecule has 0 rings (SSSR count). The Morgan fingerprint density at radius 1 is 1.55 bits per heavy atom. The maximum atomic E-state index is 10.2. The first-order valence-electron chi connectivity index (χ1n) is 3.58. The second-order valence-electron chi connectivity index (χ2n) is 2.33. The summed E-state index contributed by atoms with van der Waals surface area (Å²) in [6, 6.07) is 0. The summed E-state index contributed by atoms with van der Waals surface area (Å²) in [6.45, 7) is 3.71. The average molecular weight is 353 g/mol. The molecule has 0 unspecified atom stereocenters. The van der Waals surface area contributed by atoms with E-state index in [0.717, 1.165) is 19.3 Å². The van der Waals surface area contributed by atoms with Crippen LogP contribution in [0.1, 0.15) is 33.1 Å². The Hall–Kier alpha value is 0.106. The zero-order valence-corrected chi connectivity index (χ0v) is 10.9. The molecule has 1 N–H and O–H groups in total. The molecule has 0 aromatic heterocycles. The van der Waals surface area contributed by atoms with Crippen LogP contribution in [0, 0.1) is 0 Å². The minimum atomic E-state index is -0.809. The zero-order chi connectivity index (χ0) is 7.98. The second kappa shape index (κ2) is 8.21. The Morgan fingerprint density at radius 2 is 2.09 bits per heavy atom. The van der Waals surface area contributed by atoms with Gasteiger partial charge in [0, 0.05) is 5.57 Å². The summed E-state index contributed by atoms with van der Waals surface area (Å²) in [7, 11) is 0. The van der Waals surface area contributed by atoms with Crippen LogP contribution in [0.2, 0.25) is 0 Å². The molecule has 0 fully saturated rings. The average Bonchev–Trinajstić information content (AvgIpc) is 1.88. The zero-order valence-electron chi connectivity index (χ0n) is 7.05. The fourth-order valence-corrected chi connectivity index (χ4v) is 0.610. The SMILES string of the molecule is CCCCC=C(C)C(=O)O.[PoH2]. The predicted molar refractivity (Wildman–Crippen MR) is 49.5 cm³/mol. The van der Waals surface area contributed by atoms with Crippen molar-refractivity contribution < 1.29 is 9.90 Å². The fraction of sp³-hybridized carbons (Fsp3) is 0.625. The molecule has 0 aliphatic carbocycles. The van der Waals surface area contributed by atoms with E-state index in [1.807, 2.05) is 0 Å². The van der Waals surface area contributed by atoms with Crippen molar-refractivity contribution in [2.75, 3.05) is 0 Å². The van der Waals surface area contributed by atoms with Crippen LogP contribution in [0.15, 0.2) is 11.6 Å². The normalized spacial score (nSPS) is 10.5. The molecule has 0 aromatic rings. The van der Waals surface area contributed by atoms with Crippen LogP contribution in [0.4, 0.5) is 0 Å². The molecule has 11 heavy (non-hydrogen) atoms. The quantitative estimate of drug-likeness (QED) is 0.611. The van der Waals surface area contributed by atoms with Crippen molar-refractivity contribution in [3.05, 3.63) is 11.6 Å². The summed E-state index contributed by atoms with van der Waals surface area (Å²) in [4.78, 5) is 10.2. The Balaban J connectivity index is 0. The van der Waals surface area contributed by atoms with Crippen LogP contribution in [-0.4, -0.2) is 37.6 Å². The van der Waals surface area contributed by atoms with E-state index in [4.69, 9.17) is 5.11 Å². The molecular weight excluding hydrogens is 337 g/mol. The fourth-order valence-electron chi connectivity index (χ4n) is 0.610. The van der Waals surface area contributed by atoms with Gasteiger partial charge in [-0.15, -0.1) is 0 Å². The second-order valence-corrected chi connectivity index (χ2v) is 2.33. The topological polar surface area (TPSA) is 37.3 Å². The third kappa shape index (κ3) is 8.01. The molecule has 0 aliphatic rings. The number of hydrogen-bond donors (Lipinski definition) is 1. The third-order valence-corrected chi connectivity index (χ3v) is 1.35. The molecule has 66 valence electrons. The van der Waals surface area contributed by atoms with Gasteiger partial charge >= 0.3 is 32.5 Å². The van der Waals surface area contributed by atoms with Gasteiger partial charge in [-0.2, -0.15) is 0 Å². The van der Waals surface area contributed by atoms with E-state index in [9.17, 15) is 4.79 Å². The summed E-state index contributed by atoms with van der Waals surface area (Å²) < 4.78 is 0. The van der Waals surface area contributed by atoms with Crippen molar-refractivity contribution in [1.29, 1.82) is 0 Å². The molecular formula is C8H16O2Po. The van der Waals surface area contributed by atoms with E-state index in [2.05, 4.69) is 6.92 Å². The van der Waals surface area contributed by atoms with E-state index in [0.29, 0.717) is 5.57 Å². The molecule has 0 radical (unpaired) electrons. The van der Waals surface area contributed by atoms with Crippen molar-refractivity contribution >= 4 is 32.5 Å².